The monoisotopic (exact) mass is 285 g/mol. The van der Waals surface area contributed by atoms with E-state index >= 15 is 0 Å². The van der Waals surface area contributed by atoms with Crippen LogP contribution in [0, 0.1) is 0 Å². The minimum absolute atomic E-state index is 0.142. The molecule has 0 aromatic heterocycles. The average molecular weight is 285 g/mol. The average Bonchev–Trinajstić information content (AvgIpc) is 2.46. The SMILES string of the molecule is CCCCCCC/C=N/NC(=O)CCCCC(=O)NO. The summed E-state index contributed by atoms with van der Waals surface area (Å²) in [7, 11) is 0. The van der Waals surface area contributed by atoms with Crippen LogP contribution in [0.3, 0.4) is 0 Å². The molecule has 0 heterocycles. The van der Waals surface area contributed by atoms with Crippen LogP contribution in [0.15, 0.2) is 5.10 Å². The Bertz CT molecular complexity index is 293. The molecule has 0 radical (unpaired) electrons. The summed E-state index contributed by atoms with van der Waals surface area (Å²) < 4.78 is 0. The van der Waals surface area contributed by atoms with E-state index in [1.165, 1.54) is 25.7 Å². The molecule has 6 heteroatoms. The lowest BCUT2D eigenvalue weighted by atomic mass is 10.1. The van der Waals surface area contributed by atoms with Crippen molar-refractivity contribution in [2.75, 3.05) is 0 Å². The van der Waals surface area contributed by atoms with Gasteiger partial charge in [-0.1, -0.05) is 32.6 Å². The van der Waals surface area contributed by atoms with Crippen molar-refractivity contribution in [1.82, 2.24) is 10.9 Å². The minimum Gasteiger partial charge on any atom is -0.289 e. The van der Waals surface area contributed by atoms with Crippen molar-refractivity contribution >= 4 is 18.0 Å². The van der Waals surface area contributed by atoms with Crippen LogP contribution in [0.1, 0.15) is 71.1 Å². The second kappa shape index (κ2) is 14.0. The molecule has 0 spiro atoms. The molecule has 0 aliphatic carbocycles. The lowest BCUT2D eigenvalue weighted by Gasteiger charge is -2.00. The molecule has 0 saturated carbocycles. The van der Waals surface area contributed by atoms with Gasteiger partial charge < -0.3 is 0 Å². The lowest BCUT2D eigenvalue weighted by Crippen LogP contribution is -2.19. The topological polar surface area (TPSA) is 90.8 Å². The van der Waals surface area contributed by atoms with E-state index in [2.05, 4.69) is 17.5 Å². The third kappa shape index (κ3) is 13.0. The van der Waals surface area contributed by atoms with Crippen LogP contribution >= 0.6 is 0 Å². The van der Waals surface area contributed by atoms with Crippen molar-refractivity contribution < 1.29 is 14.8 Å². The van der Waals surface area contributed by atoms with Crippen LogP contribution in [-0.2, 0) is 9.59 Å². The zero-order valence-corrected chi connectivity index (χ0v) is 12.4. The van der Waals surface area contributed by atoms with Crippen LogP contribution in [-0.4, -0.2) is 23.2 Å². The molecule has 3 N–H and O–H groups in total. The number of carbonyl (C=O) groups is 2. The summed E-state index contributed by atoms with van der Waals surface area (Å²) in [5.41, 5.74) is 4.02. The normalized spacial score (nSPS) is 10.7. The van der Waals surface area contributed by atoms with Crippen molar-refractivity contribution in [1.29, 1.82) is 0 Å². The largest absolute Gasteiger partial charge is 0.289 e. The van der Waals surface area contributed by atoms with Gasteiger partial charge in [0.2, 0.25) is 11.8 Å². The Kier molecular flexibility index (Phi) is 13.0. The number of nitrogens with zero attached hydrogens (tertiary/aromatic N) is 1. The van der Waals surface area contributed by atoms with E-state index in [0.717, 1.165) is 12.8 Å². The molecular weight excluding hydrogens is 258 g/mol. The summed E-state index contributed by atoms with van der Waals surface area (Å²) in [6, 6.07) is 0. The molecule has 0 unspecified atom stereocenters. The molecule has 0 aliphatic heterocycles. The fraction of sp³-hybridized carbons (Fsp3) is 0.786. The highest BCUT2D eigenvalue weighted by Gasteiger charge is 2.02. The predicted molar refractivity (Wildman–Crippen MR) is 78.4 cm³/mol. The van der Waals surface area contributed by atoms with Gasteiger partial charge in [0.25, 0.3) is 0 Å². The van der Waals surface area contributed by atoms with E-state index in [9.17, 15) is 9.59 Å². The molecule has 0 saturated heterocycles. The van der Waals surface area contributed by atoms with Gasteiger partial charge in [-0.15, -0.1) is 0 Å². The summed E-state index contributed by atoms with van der Waals surface area (Å²) in [5, 5.41) is 12.2. The molecule has 0 aliphatic rings. The van der Waals surface area contributed by atoms with Crippen molar-refractivity contribution in [2.24, 2.45) is 5.10 Å². The molecule has 0 aromatic carbocycles. The van der Waals surface area contributed by atoms with Crippen LogP contribution in [0.5, 0.6) is 0 Å². The zero-order valence-electron chi connectivity index (χ0n) is 12.4. The molecule has 0 aromatic rings. The summed E-state index contributed by atoms with van der Waals surface area (Å²) in [6.07, 6.45) is 10.5. The molecule has 116 valence electrons. The van der Waals surface area contributed by atoms with E-state index in [1.807, 2.05) is 0 Å². The van der Waals surface area contributed by atoms with Gasteiger partial charge in [0.15, 0.2) is 0 Å². The summed E-state index contributed by atoms with van der Waals surface area (Å²) in [5.74, 6) is -0.567. The van der Waals surface area contributed by atoms with Crippen LogP contribution in [0.4, 0.5) is 0 Å². The third-order valence-corrected chi connectivity index (χ3v) is 2.90. The van der Waals surface area contributed by atoms with Gasteiger partial charge in [-0.2, -0.15) is 5.10 Å². The molecule has 6 nitrogen and oxygen atoms in total. The molecule has 0 rings (SSSR count). The maximum atomic E-state index is 11.4. The first-order chi connectivity index (χ1) is 9.70. The second-order valence-electron chi connectivity index (χ2n) is 4.79. The van der Waals surface area contributed by atoms with Crippen molar-refractivity contribution in [3.63, 3.8) is 0 Å². The Labute approximate surface area is 121 Å². The predicted octanol–water partition coefficient (Wildman–Crippen LogP) is 2.51. The molecule has 2 amide bonds. The van der Waals surface area contributed by atoms with Crippen LogP contribution in [0.2, 0.25) is 0 Å². The van der Waals surface area contributed by atoms with Gasteiger partial charge in [0.05, 0.1) is 0 Å². The number of nitrogens with one attached hydrogen (secondary N) is 2. The number of hydroxylamine groups is 1. The number of hydrogen-bond acceptors (Lipinski definition) is 4. The first-order valence-electron chi connectivity index (χ1n) is 7.44. The highest BCUT2D eigenvalue weighted by Crippen LogP contribution is 2.03. The number of carbonyl (C=O) groups excluding carboxylic acids is 2. The maximum Gasteiger partial charge on any atom is 0.243 e. The van der Waals surface area contributed by atoms with Gasteiger partial charge in [-0.05, 0) is 25.7 Å². The molecule has 0 atom stereocenters. The summed E-state index contributed by atoms with van der Waals surface area (Å²) in [6.45, 7) is 2.19. The maximum absolute atomic E-state index is 11.4. The quantitative estimate of drug-likeness (QED) is 0.223. The van der Waals surface area contributed by atoms with E-state index in [4.69, 9.17) is 5.21 Å². The molecule has 0 bridgehead atoms. The third-order valence-electron chi connectivity index (χ3n) is 2.90. The van der Waals surface area contributed by atoms with Gasteiger partial charge in [0.1, 0.15) is 0 Å². The fourth-order valence-corrected chi connectivity index (χ4v) is 1.70. The van der Waals surface area contributed by atoms with E-state index in [0.29, 0.717) is 19.3 Å². The minimum atomic E-state index is -0.425. The summed E-state index contributed by atoms with van der Waals surface area (Å²) in [4.78, 5) is 22.1. The molecular formula is C14H27N3O3. The van der Waals surface area contributed by atoms with Crippen molar-refractivity contribution in [3.8, 4) is 0 Å². The summed E-state index contributed by atoms with van der Waals surface area (Å²) >= 11 is 0. The number of unbranched alkanes of at least 4 members (excludes halogenated alkanes) is 6. The second-order valence-corrected chi connectivity index (χ2v) is 4.79. The Morgan fingerprint density at radius 1 is 1.00 bits per heavy atom. The number of hydrazone groups is 1. The van der Waals surface area contributed by atoms with Crippen molar-refractivity contribution in [2.45, 2.75) is 71.1 Å². The van der Waals surface area contributed by atoms with E-state index in [-0.39, 0.29) is 12.3 Å². The highest BCUT2D eigenvalue weighted by molar-refractivity contribution is 5.77. The standard InChI is InChI=1S/C14H27N3O3/c1-2-3-4-5-6-9-12-15-16-13(18)10-7-8-11-14(19)17-20/h12,20H,2-11H2,1H3,(H,16,18)(H,17,19)/b15-12+. The molecule has 20 heavy (non-hydrogen) atoms. The van der Waals surface area contributed by atoms with Gasteiger partial charge >= 0.3 is 0 Å². The van der Waals surface area contributed by atoms with E-state index < -0.39 is 5.91 Å². The highest BCUT2D eigenvalue weighted by atomic mass is 16.5. The first kappa shape index (κ1) is 18.6. The van der Waals surface area contributed by atoms with Crippen LogP contribution in [0.25, 0.3) is 0 Å². The van der Waals surface area contributed by atoms with Crippen LogP contribution < -0.4 is 10.9 Å². The van der Waals surface area contributed by atoms with Gasteiger partial charge in [0, 0.05) is 19.1 Å². The smallest absolute Gasteiger partial charge is 0.243 e. The number of amides is 2. The van der Waals surface area contributed by atoms with Gasteiger partial charge in [-0.3, -0.25) is 14.8 Å². The molecule has 0 fully saturated rings. The Hall–Kier alpha value is -1.43. The van der Waals surface area contributed by atoms with E-state index in [1.54, 1.807) is 11.7 Å². The zero-order chi connectivity index (χ0) is 15.1. The number of hydrogen-bond donors (Lipinski definition) is 3. The van der Waals surface area contributed by atoms with Crippen molar-refractivity contribution in [3.05, 3.63) is 0 Å². The number of rotatable bonds is 12. The lowest BCUT2D eigenvalue weighted by molar-refractivity contribution is -0.129. The van der Waals surface area contributed by atoms with Gasteiger partial charge in [-0.25, -0.2) is 10.9 Å². The Morgan fingerprint density at radius 2 is 1.65 bits per heavy atom. The Balaban J connectivity index is 3.37. The Morgan fingerprint density at radius 3 is 2.30 bits per heavy atom. The first-order valence-corrected chi connectivity index (χ1v) is 7.44. The fourth-order valence-electron chi connectivity index (χ4n) is 1.70.